The molecule has 0 aliphatic heterocycles. The van der Waals surface area contributed by atoms with Crippen LogP contribution in [-0.4, -0.2) is 16.8 Å². The minimum Gasteiger partial charge on any atom is -0.457 e. The van der Waals surface area contributed by atoms with E-state index < -0.39 is 35.7 Å². The zero-order valence-electron chi connectivity index (χ0n) is 15.4. The molecule has 3 rings (SSSR count). The lowest BCUT2D eigenvalue weighted by Gasteiger charge is -2.13. The van der Waals surface area contributed by atoms with E-state index in [0.29, 0.717) is 17.2 Å². The van der Waals surface area contributed by atoms with Gasteiger partial charge in [-0.25, -0.2) is 0 Å². The minimum atomic E-state index is -4.62. The van der Waals surface area contributed by atoms with Crippen molar-refractivity contribution in [3.8, 4) is 11.5 Å². The number of benzene rings is 2. The molecule has 0 aliphatic carbocycles. The Balaban J connectivity index is 1.55. The van der Waals surface area contributed by atoms with Gasteiger partial charge in [0.1, 0.15) is 17.9 Å². The summed E-state index contributed by atoms with van der Waals surface area (Å²) in [5, 5.41) is 4.63. The van der Waals surface area contributed by atoms with Gasteiger partial charge >= 0.3 is 6.18 Å². The second kappa shape index (κ2) is 9.08. The first-order valence-electron chi connectivity index (χ1n) is 8.75. The molecule has 1 heterocycles. The van der Waals surface area contributed by atoms with Crippen molar-refractivity contribution >= 4 is 23.2 Å². The Labute approximate surface area is 169 Å². The van der Waals surface area contributed by atoms with Crippen LogP contribution in [0.15, 0.2) is 73.1 Å². The SMILES string of the molecule is O=C(CC(=O)Nc1ccccc1C(F)(F)F)Nc1ccc(Oc2ccncc2)cc1. The number of aromatic nitrogens is 1. The summed E-state index contributed by atoms with van der Waals surface area (Å²) in [6, 6.07) is 14.3. The van der Waals surface area contributed by atoms with Crippen LogP contribution in [0.4, 0.5) is 24.5 Å². The van der Waals surface area contributed by atoms with Crippen LogP contribution in [0.25, 0.3) is 0 Å². The van der Waals surface area contributed by atoms with Crippen LogP contribution in [0.5, 0.6) is 11.5 Å². The van der Waals surface area contributed by atoms with Crippen LogP contribution in [0.3, 0.4) is 0 Å². The van der Waals surface area contributed by atoms with Crippen molar-refractivity contribution in [2.45, 2.75) is 12.6 Å². The van der Waals surface area contributed by atoms with E-state index in [1.54, 1.807) is 48.8 Å². The highest BCUT2D eigenvalue weighted by molar-refractivity contribution is 6.08. The number of halogens is 3. The predicted octanol–water partition coefficient (Wildman–Crippen LogP) is 4.86. The van der Waals surface area contributed by atoms with E-state index in [2.05, 4.69) is 15.6 Å². The smallest absolute Gasteiger partial charge is 0.418 e. The number of para-hydroxylation sites is 1. The number of amides is 2. The molecule has 6 nitrogen and oxygen atoms in total. The lowest BCUT2D eigenvalue weighted by Crippen LogP contribution is -2.22. The Morgan fingerprint density at radius 2 is 1.43 bits per heavy atom. The van der Waals surface area contributed by atoms with Crippen molar-refractivity contribution < 1.29 is 27.5 Å². The first kappa shape index (κ1) is 20.8. The molecule has 9 heteroatoms. The molecule has 2 N–H and O–H groups in total. The predicted molar refractivity (Wildman–Crippen MR) is 104 cm³/mol. The molecule has 0 unspecified atom stereocenters. The zero-order valence-corrected chi connectivity index (χ0v) is 15.4. The Hall–Kier alpha value is -3.88. The molecular weight excluding hydrogens is 399 g/mol. The molecule has 0 spiro atoms. The lowest BCUT2D eigenvalue weighted by atomic mass is 10.1. The third-order valence-corrected chi connectivity index (χ3v) is 3.85. The van der Waals surface area contributed by atoms with Gasteiger partial charge in [0.05, 0.1) is 11.3 Å². The summed E-state index contributed by atoms with van der Waals surface area (Å²) in [5.41, 5.74) is -0.977. The maximum absolute atomic E-state index is 13.0. The molecule has 2 amide bonds. The number of ether oxygens (including phenoxy) is 1. The van der Waals surface area contributed by atoms with E-state index in [9.17, 15) is 22.8 Å². The summed E-state index contributed by atoms with van der Waals surface area (Å²) >= 11 is 0. The molecule has 0 atom stereocenters. The summed E-state index contributed by atoms with van der Waals surface area (Å²) in [6.07, 6.45) is -2.09. The monoisotopic (exact) mass is 415 g/mol. The molecule has 0 bridgehead atoms. The standard InChI is InChI=1S/C21H16F3N3O3/c22-21(23,24)17-3-1-2-4-18(17)27-20(29)13-19(28)26-14-5-7-15(8-6-14)30-16-9-11-25-12-10-16/h1-12H,13H2,(H,26,28)(H,27,29). The Bertz CT molecular complexity index is 1020. The molecular formula is C21H16F3N3O3. The maximum Gasteiger partial charge on any atom is 0.418 e. The van der Waals surface area contributed by atoms with Gasteiger partial charge in [-0.2, -0.15) is 13.2 Å². The fourth-order valence-corrected chi connectivity index (χ4v) is 2.53. The van der Waals surface area contributed by atoms with Crippen molar-refractivity contribution in [2.75, 3.05) is 10.6 Å². The Kier molecular flexibility index (Phi) is 6.31. The number of anilines is 2. The molecule has 0 saturated carbocycles. The van der Waals surface area contributed by atoms with E-state index in [0.717, 1.165) is 12.1 Å². The first-order valence-corrected chi connectivity index (χ1v) is 8.75. The summed E-state index contributed by atoms with van der Waals surface area (Å²) in [6.45, 7) is 0. The van der Waals surface area contributed by atoms with Gasteiger partial charge in [-0.1, -0.05) is 12.1 Å². The average Bonchev–Trinajstić information content (AvgIpc) is 2.70. The van der Waals surface area contributed by atoms with Gasteiger partial charge in [0.2, 0.25) is 11.8 Å². The van der Waals surface area contributed by atoms with Crippen LogP contribution in [0, 0.1) is 0 Å². The normalized spacial score (nSPS) is 10.9. The van der Waals surface area contributed by atoms with Gasteiger partial charge in [-0.05, 0) is 48.5 Å². The van der Waals surface area contributed by atoms with Crippen LogP contribution in [-0.2, 0) is 15.8 Å². The molecule has 1 aromatic heterocycles. The molecule has 30 heavy (non-hydrogen) atoms. The van der Waals surface area contributed by atoms with Gasteiger partial charge < -0.3 is 15.4 Å². The lowest BCUT2D eigenvalue weighted by molar-refractivity contribution is -0.137. The average molecular weight is 415 g/mol. The van der Waals surface area contributed by atoms with Gasteiger partial charge in [-0.3, -0.25) is 14.6 Å². The molecule has 3 aromatic rings. The number of carbonyl (C=O) groups is 2. The zero-order chi connectivity index (χ0) is 21.6. The van der Waals surface area contributed by atoms with Crippen molar-refractivity contribution in [2.24, 2.45) is 0 Å². The van der Waals surface area contributed by atoms with Gasteiger partial charge in [-0.15, -0.1) is 0 Å². The Morgan fingerprint density at radius 1 is 0.833 bits per heavy atom. The molecule has 2 aromatic carbocycles. The van der Waals surface area contributed by atoms with E-state index in [1.165, 1.54) is 12.1 Å². The van der Waals surface area contributed by atoms with Crippen molar-refractivity contribution in [1.29, 1.82) is 0 Å². The Morgan fingerprint density at radius 3 is 2.10 bits per heavy atom. The van der Waals surface area contributed by atoms with Crippen LogP contribution < -0.4 is 15.4 Å². The fraction of sp³-hybridized carbons (Fsp3) is 0.0952. The summed E-state index contributed by atoms with van der Waals surface area (Å²) < 4.78 is 44.5. The summed E-state index contributed by atoms with van der Waals surface area (Å²) in [4.78, 5) is 27.9. The molecule has 154 valence electrons. The fourth-order valence-electron chi connectivity index (χ4n) is 2.53. The third-order valence-electron chi connectivity index (χ3n) is 3.85. The number of hydrogen-bond donors (Lipinski definition) is 2. The summed E-state index contributed by atoms with van der Waals surface area (Å²) in [5.74, 6) is -0.403. The van der Waals surface area contributed by atoms with Crippen LogP contribution in [0.1, 0.15) is 12.0 Å². The molecule has 0 aliphatic rings. The molecule has 0 saturated heterocycles. The number of carbonyl (C=O) groups excluding carboxylic acids is 2. The van der Waals surface area contributed by atoms with Crippen molar-refractivity contribution in [3.63, 3.8) is 0 Å². The quantitative estimate of drug-likeness (QED) is 0.564. The van der Waals surface area contributed by atoms with Gasteiger partial charge in [0, 0.05) is 18.1 Å². The van der Waals surface area contributed by atoms with E-state index in [4.69, 9.17) is 4.74 Å². The van der Waals surface area contributed by atoms with Crippen LogP contribution >= 0.6 is 0 Å². The minimum absolute atomic E-state index is 0.402. The number of rotatable bonds is 6. The summed E-state index contributed by atoms with van der Waals surface area (Å²) in [7, 11) is 0. The second-order valence-electron chi connectivity index (χ2n) is 6.13. The number of pyridine rings is 1. The highest BCUT2D eigenvalue weighted by Gasteiger charge is 2.33. The van der Waals surface area contributed by atoms with E-state index >= 15 is 0 Å². The highest BCUT2D eigenvalue weighted by Crippen LogP contribution is 2.34. The van der Waals surface area contributed by atoms with Crippen LogP contribution in [0.2, 0.25) is 0 Å². The van der Waals surface area contributed by atoms with Gasteiger partial charge in [0.25, 0.3) is 0 Å². The van der Waals surface area contributed by atoms with Crippen molar-refractivity contribution in [1.82, 2.24) is 4.98 Å². The molecule has 0 radical (unpaired) electrons. The first-order chi connectivity index (χ1) is 14.3. The number of alkyl halides is 3. The highest BCUT2D eigenvalue weighted by atomic mass is 19.4. The number of nitrogens with zero attached hydrogens (tertiary/aromatic N) is 1. The third kappa shape index (κ3) is 5.81. The van der Waals surface area contributed by atoms with Crippen molar-refractivity contribution in [3.05, 3.63) is 78.6 Å². The van der Waals surface area contributed by atoms with Gasteiger partial charge in [0.15, 0.2) is 0 Å². The largest absolute Gasteiger partial charge is 0.457 e. The maximum atomic E-state index is 13.0. The van der Waals surface area contributed by atoms with E-state index in [1.807, 2.05) is 0 Å². The topological polar surface area (TPSA) is 80.3 Å². The number of hydrogen-bond acceptors (Lipinski definition) is 4. The number of nitrogens with one attached hydrogen (secondary N) is 2. The molecule has 0 fully saturated rings. The van der Waals surface area contributed by atoms with E-state index in [-0.39, 0.29) is 0 Å². The second-order valence-corrected chi connectivity index (χ2v) is 6.13.